The predicted octanol–water partition coefficient (Wildman–Crippen LogP) is 4.64. The summed E-state index contributed by atoms with van der Waals surface area (Å²) in [5.41, 5.74) is 2.51. The lowest BCUT2D eigenvalue weighted by Crippen LogP contribution is -2.30. The fraction of sp³-hybridized carbons (Fsp3) is 0.312. The highest BCUT2D eigenvalue weighted by atomic mass is 32.1. The molecule has 0 aliphatic rings. The number of nitrogens with one attached hydrogen (secondary N) is 1. The quantitative estimate of drug-likeness (QED) is 0.742. The normalized spacial score (nSPS) is 14.5. The minimum Gasteiger partial charge on any atom is -0.305 e. The molecule has 2 heterocycles. The molecule has 3 rings (SSSR count). The maximum atomic E-state index is 4.72. The fourth-order valence-corrected chi connectivity index (χ4v) is 4.06. The Morgan fingerprint density at radius 3 is 2.80 bits per heavy atom. The first-order chi connectivity index (χ1) is 9.72. The van der Waals surface area contributed by atoms with Crippen LogP contribution < -0.4 is 5.32 Å². The van der Waals surface area contributed by atoms with Crippen molar-refractivity contribution in [1.29, 1.82) is 0 Å². The van der Waals surface area contributed by atoms with Gasteiger partial charge in [-0.2, -0.15) is 11.3 Å². The van der Waals surface area contributed by atoms with E-state index in [9.17, 15) is 0 Å². The van der Waals surface area contributed by atoms with Crippen LogP contribution in [0.1, 0.15) is 30.5 Å². The van der Waals surface area contributed by atoms with Gasteiger partial charge in [0.15, 0.2) is 0 Å². The number of thiazole rings is 1. The first-order valence-corrected chi connectivity index (χ1v) is 8.61. The highest BCUT2D eigenvalue weighted by Gasteiger charge is 2.14. The Morgan fingerprint density at radius 2 is 2.05 bits per heavy atom. The smallest absolute Gasteiger partial charge is 0.111 e. The van der Waals surface area contributed by atoms with Gasteiger partial charge < -0.3 is 5.32 Å². The SMILES string of the molecule is CC(Cc1ccsc1)NC(C)c1nc2ccccc2s1. The molecule has 0 fully saturated rings. The van der Waals surface area contributed by atoms with Crippen LogP contribution in [0.4, 0.5) is 0 Å². The second-order valence-corrected chi connectivity index (χ2v) is 6.99. The van der Waals surface area contributed by atoms with Crippen molar-refractivity contribution in [3.8, 4) is 0 Å². The molecule has 1 aromatic carbocycles. The summed E-state index contributed by atoms with van der Waals surface area (Å²) in [6, 6.07) is 11.3. The van der Waals surface area contributed by atoms with Crippen molar-refractivity contribution in [1.82, 2.24) is 10.3 Å². The molecule has 4 heteroatoms. The standard InChI is InChI=1S/C16H18N2S2/c1-11(9-13-7-8-19-10-13)17-12(2)16-18-14-5-3-4-6-15(14)20-16/h3-8,10-12,17H,9H2,1-2H3. The molecular formula is C16H18N2S2. The van der Waals surface area contributed by atoms with Gasteiger partial charge in [0.1, 0.15) is 5.01 Å². The van der Waals surface area contributed by atoms with Crippen LogP contribution in [0.2, 0.25) is 0 Å². The Bertz CT molecular complexity index is 640. The zero-order valence-corrected chi connectivity index (χ0v) is 13.3. The van der Waals surface area contributed by atoms with Crippen molar-refractivity contribution in [2.24, 2.45) is 0 Å². The van der Waals surface area contributed by atoms with E-state index >= 15 is 0 Å². The summed E-state index contributed by atoms with van der Waals surface area (Å²) in [6.07, 6.45) is 1.07. The van der Waals surface area contributed by atoms with Crippen molar-refractivity contribution in [3.63, 3.8) is 0 Å². The number of thiophene rings is 1. The highest BCUT2D eigenvalue weighted by Crippen LogP contribution is 2.26. The first kappa shape index (κ1) is 13.7. The van der Waals surface area contributed by atoms with Gasteiger partial charge in [0, 0.05) is 6.04 Å². The van der Waals surface area contributed by atoms with E-state index in [4.69, 9.17) is 4.98 Å². The molecule has 2 aromatic heterocycles. The third-order valence-electron chi connectivity index (χ3n) is 3.34. The number of benzene rings is 1. The third-order valence-corrected chi connectivity index (χ3v) is 5.29. The number of hydrogen-bond donors (Lipinski definition) is 1. The molecule has 0 radical (unpaired) electrons. The van der Waals surface area contributed by atoms with Crippen LogP contribution in [0, 0.1) is 0 Å². The van der Waals surface area contributed by atoms with Crippen molar-refractivity contribution in [3.05, 3.63) is 51.7 Å². The average molecular weight is 302 g/mol. The van der Waals surface area contributed by atoms with E-state index in [0.29, 0.717) is 12.1 Å². The van der Waals surface area contributed by atoms with E-state index in [2.05, 4.69) is 54.2 Å². The van der Waals surface area contributed by atoms with Crippen LogP contribution in [0.15, 0.2) is 41.1 Å². The van der Waals surface area contributed by atoms with E-state index in [-0.39, 0.29) is 0 Å². The largest absolute Gasteiger partial charge is 0.305 e. The average Bonchev–Trinajstić information content (AvgIpc) is 3.06. The molecule has 0 bridgehead atoms. The number of rotatable bonds is 5. The second-order valence-electron chi connectivity index (χ2n) is 5.14. The molecule has 0 saturated carbocycles. The second kappa shape index (κ2) is 6.04. The summed E-state index contributed by atoms with van der Waals surface area (Å²) in [4.78, 5) is 4.72. The Hall–Kier alpha value is -1.23. The molecular weight excluding hydrogens is 284 g/mol. The van der Waals surface area contributed by atoms with Crippen molar-refractivity contribution in [2.75, 3.05) is 0 Å². The van der Waals surface area contributed by atoms with Gasteiger partial charge in [-0.25, -0.2) is 4.98 Å². The van der Waals surface area contributed by atoms with Gasteiger partial charge in [-0.05, 0) is 54.8 Å². The van der Waals surface area contributed by atoms with Crippen LogP contribution in [-0.2, 0) is 6.42 Å². The Kier molecular flexibility index (Phi) is 4.15. The third kappa shape index (κ3) is 3.08. The lowest BCUT2D eigenvalue weighted by atomic mass is 10.1. The molecule has 0 spiro atoms. The van der Waals surface area contributed by atoms with Gasteiger partial charge in [-0.1, -0.05) is 12.1 Å². The monoisotopic (exact) mass is 302 g/mol. The predicted molar refractivity (Wildman–Crippen MR) is 88.7 cm³/mol. The molecule has 0 amide bonds. The maximum absolute atomic E-state index is 4.72. The Balaban J connectivity index is 1.67. The van der Waals surface area contributed by atoms with Gasteiger partial charge >= 0.3 is 0 Å². The minimum absolute atomic E-state index is 0.293. The van der Waals surface area contributed by atoms with Crippen LogP contribution in [0.3, 0.4) is 0 Å². The van der Waals surface area contributed by atoms with Crippen molar-refractivity contribution < 1.29 is 0 Å². The summed E-state index contributed by atoms with van der Waals surface area (Å²) >= 11 is 3.55. The number of aromatic nitrogens is 1. The molecule has 3 aromatic rings. The molecule has 0 saturated heterocycles. The number of fused-ring (bicyclic) bond motifs is 1. The van der Waals surface area contributed by atoms with E-state index in [1.54, 1.807) is 22.7 Å². The number of nitrogens with zero attached hydrogens (tertiary/aromatic N) is 1. The molecule has 2 atom stereocenters. The van der Waals surface area contributed by atoms with E-state index in [1.165, 1.54) is 15.3 Å². The van der Waals surface area contributed by atoms with Crippen molar-refractivity contribution in [2.45, 2.75) is 32.4 Å². The van der Waals surface area contributed by atoms with E-state index < -0.39 is 0 Å². The summed E-state index contributed by atoms with van der Waals surface area (Å²) in [6.45, 7) is 4.43. The Labute approximate surface area is 127 Å². The van der Waals surface area contributed by atoms with Gasteiger partial charge in [0.05, 0.1) is 16.3 Å². The molecule has 2 unspecified atom stereocenters. The molecule has 2 nitrogen and oxygen atoms in total. The molecule has 104 valence electrons. The number of hydrogen-bond acceptors (Lipinski definition) is 4. The zero-order chi connectivity index (χ0) is 13.9. The van der Waals surface area contributed by atoms with Crippen molar-refractivity contribution >= 4 is 32.9 Å². The lowest BCUT2D eigenvalue weighted by Gasteiger charge is -2.17. The highest BCUT2D eigenvalue weighted by molar-refractivity contribution is 7.18. The fourth-order valence-electron chi connectivity index (χ4n) is 2.39. The number of para-hydroxylation sites is 1. The van der Waals surface area contributed by atoms with Gasteiger partial charge in [0.25, 0.3) is 0 Å². The molecule has 1 N–H and O–H groups in total. The molecule has 0 aliphatic heterocycles. The lowest BCUT2D eigenvalue weighted by molar-refractivity contribution is 0.476. The minimum atomic E-state index is 0.293. The van der Waals surface area contributed by atoms with Gasteiger partial charge in [-0.3, -0.25) is 0 Å². The molecule has 20 heavy (non-hydrogen) atoms. The van der Waals surface area contributed by atoms with Crippen LogP contribution in [0.5, 0.6) is 0 Å². The summed E-state index contributed by atoms with van der Waals surface area (Å²) in [5.74, 6) is 0. The van der Waals surface area contributed by atoms with E-state index in [1.807, 2.05) is 6.07 Å². The van der Waals surface area contributed by atoms with Crippen LogP contribution in [0.25, 0.3) is 10.2 Å². The topological polar surface area (TPSA) is 24.9 Å². The van der Waals surface area contributed by atoms with Crippen LogP contribution >= 0.6 is 22.7 Å². The van der Waals surface area contributed by atoms with Crippen LogP contribution in [-0.4, -0.2) is 11.0 Å². The van der Waals surface area contributed by atoms with Gasteiger partial charge in [0.2, 0.25) is 0 Å². The summed E-state index contributed by atoms with van der Waals surface area (Å²) < 4.78 is 1.27. The zero-order valence-electron chi connectivity index (χ0n) is 11.7. The Morgan fingerprint density at radius 1 is 1.20 bits per heavy atom. The summed E-state index contributed by atoms with van der Waals surface area (Å²) in [5, 5.41) is 9.18. The van der Waals surface area contributed by atoms with E-state index in [0.717, 1.165) is 11.9 Å². The maximum Gasteiger partial charge on any atom is 0.111 e. The van der Waals surface area contributed by atoms with Gasteiger partial charge in [-0.15, -0.1) is 11.3 Å². The first-order valence-electron chi connectivity index (χ1n) is 6.85. The summed E-state index contributed by atoms with van der Waals surface area (Å²) in [7, 11) is 0. The molecule has 0 aliphatic carbocycles.